The Morgan fingerprint density at radius 2 is 2.00 bits per heavy atom. The van der Waals surface area contributed by atoms with Crippen LogP contribution in [0.1, 0.15) is 19.8 Å². The highest BCUT2D eigenvalue weighted by molar-refractivity contribution is 5.78. The number of carbonyl (C=O) groups is 1. The van der Waals surface area contributed by atoms with E-state index in [1.54, 1.807) is 11.9 Å². The average Bonchev–Trinajstić information content (AvgIpc) is 1.88. The third-order valence-corrected chi connectivity index (χ3v) is 2.10. The molecule has 0 aromatic heterocycles. The van der Waals surface area contributed by atoms with Crippen LogP contribution in [-0.2, 0) is 4.79 Å². The van der Waals surface area contributed by atoms with Crippen LogP contribution in [0.3, 0.4) is 0 Å². The summed E-state index contributed by atoms with van der Waals surface area (Å²) in [6.07, 6.45) is 1.87. The number of rotatable bonds is 1. The van der Waals surface area contributed by atoms with Crippen molar-refractivity contribution in [3.05, 3.63) is 0 Å². The van der Waals surface area contributed by atoms with Crippen LogP contribution in [0.2, 0.25) is 0 Å². The monoisotopic (exact) mass is 142 g/mol. The molecule has 10 heavy (non-hydrogen) atoms. The second-order valence-corrected chi connectivity index (χ2v) is 2.92. The van der Waals surface area contributed by atoms with E-state index in [1.165, 1.54) is 0 Å². The third kappa shape index (κ3) is 1.78. The van der Waals surface area contributed by atoms with Crippen molar-refractivity contribution in [1.29, 1.82) is 0 Å². The Labute approximate surface area is 61.2 Å². The molecule has 1 aliphatic rings. The SMILES string of the molecule is CC(=O)C1CCN(N)CC1. The van der Waals surface area contributed by atoms with Crippen molar-refractivity contribution in [2.75, 3.05) is 13.1 Å². The first kappa shape index (κ1) is 7.69. The summed E-state index contributed by atoms with van der Waals surface area (Å²) < 4.78 is 0. The molecule has 0 radical (unpaired) electrons. The van der Waals surface area contributed by atoms with Gasteiger partial charge in [-0.2, -0.15) is 0 Å². The number of Topliss-reactive ketones (excluding diaryl/α,β-unsaturated/α-hetero) is 1. The van der Waals surface area contributed by atoms with Crippen LogP contribution < -0.4 is 5.84 Å². The molecule has 1 saturated heterocycles. The van der Waals surface area contributed by atoms with Crippen LogP contribution in [-0.4, -0.2) is 23.9 Å². The van der Waals surface area contributed by atoms with E-state index in [1.807, 2.05) is 0 Å². The molecular weight excluding hydrogens is 128 g/mol. The minimum absolute atomic E-state index is 0.278. The molecule has 0 unspecified atom stereocenters. The molecule has 0 amide bonds. The van der Waals surface area contributed by atoms with Crippen molar-refractivity contribution in [3.8, 4) is 0 Å². The molecule has 0 aliphatic carbocycles. The quantitative estimate of drug-likeness (QED) is 0.530. The fraction of sp³-hybridized carbons (Fsp3) is 0.857. The molecule has 0 aromatic carbocycles. The second kappa shape index (κ2) is 3.12. The van der Waals surface area contributed by atoms with Crippen LogP contribution in [0.15, 0.2) is 0 Å². The number of hydrazine groups is 1. The van der Waals surface area contributed by atoms with Gasteiger partial charge in [0, 0.05) is 19.0 Å². The molecule has 1 rings (SSSR count). The van der Waals surface area contributed by atoms with E-state index in [9.17, 15) is 4.79 Å². The van der Waals surface area contributed by atoms with Crippen LogP contribution in [0.5, 0.6) is 0 Å². The molecule has 1 aliphatic heterocycles. The highest BCUT2D eigenvalue weighted by Crippen LogP contribution is 2.15. The Kier molecular flexibility index (Phi) is 2.40. The molecule has 0 atom stereocenters. The van der Waals surface area contributed by atoms with Gasteiger partial charge in [-0.3, -0.25) is 10.6 Å². The summed E-state index contributed by atoms with van der Waals surface area (Å²) in [6, 6.07) is 0. The summed E-state index contributed by atoms with van der Waals surface area (Å²) in [6.45, 7) is 3.39. The van der Waals surface area contributed by atoms with Gasteiger partial charge in [0.2, 0.25) is 0 Å². The average molecular weight is 142 g/mol. The van der Waals surface area contributed by atoms with Crippen molar-refractivity contribution in [2.45, 2.75) is 19.8 Å². The van der Waals surface area contributed by atoms with Gasteiger partial charge in [-0.1, -0.05) is 0 Å². The zero-order valence-corrected chi connectivity index (χ0v) is 6.34. The van der Waals surface area contributed by atoms with Gasteiger partial charge in [0.25, 0.3) is 0 Å². The number of ketones is 1. The minimum atomic E-state index is 0.278. The van der Waals surface area contributed by atoms with E-state index in [4.69, 9.17) is 5.84 Å². The number of carbonyl (C=O) groups excluding carboxylic acids is 1. The lowest BCUT2D eigenvalue weighted by atomic mass is 9.94. The van der Waals surface area contributed by atoms with E-state index in [-0.39, 0.29) is 5.92 Å². The van der Waals surface area contributed by atoms with Crippen molar-refractivity contribution in [3.63, 3.8) is 0 Å². The first-order valence-electron chi connectivity index (χ1n) is 3.70. The van der Waals surface area contributed by atoms with Gasteiger partial charge in [0.05, 0.1) is 0 Å². The third-order valence-electron chi connectivity index (χ3n) is 2.10. The lowest BCUT2D eigenvalue weighted by Crippen LogP contribution is -2.40. The molecule has 2 N–H and O–H groups in total. The normalized spacial score (nSPS) is 23.0. The molecular formula is C7H14N2O. The zero-order chi connectivity index (χ0) is 7.56. The highest BCUT2D eigenvalue weighted by atomic mass is 16.1. The summed E-state index contributed by atoms with van der Waals surface area (Å²) in [7, 11) is 0. The summed E-state index contributed by atoms with van der Waals surface area (Å²) in [5.74, 6) is 6.11. The Morgan fingerprint density at radius 3 is 2.40 bits per heavy atom. The fourth-order valence-electron chi connectivity index (χ4n) is 1.31. The molecule has 58 valence electrons. The molecule has 0 saturated carbocycles. The molecule has 3 heteroatoms. The lowest BCUT2D eigenvalue weighted by molar-refractivity contribution is -0.122. The van der Waals surface area contributed by atoms with Gasteiger partial charge in [-0.25, -0.2) is 5.01 Å². The number of hydrogen-bond acceptors (Lipinski definition) is 3. The van der Waals surface area contributed by atoms with Crippen LogP contribution in [0.4, 0.5) is 0 Å². The molecule has 3 nitrogen and oxygen atoms in total. The van der Waals surface area contributed by atoms with Crippen LogP contribution in [0.25, 0.3) is 0 Å². The van der Waals surface area contributed by atoms with E-state index < -0.39 is 0 Å². The largest absolute Gasteiger partial charge is 0.300 e. The van der Waals surface area contributed by atoms with Crippen molar-refractivity contribution in [1.82, 2.24) is 5.01 Å². The smallest absolute Gasteiger partial charge is 0.133 e. The first-order valence-corrected chi connectivity index (χ1v) is 3.70. The maximum atomic E-state index is 10.8. The molecule has 0 bridgehead atoms. The van der Waals surface area contributed by atoms with Gasteiger partial charge >= 0.3 is 0 Å². The highest BCUT2D eigenvalue weighted by Gasteiger charge is 2.19. The first-order chi connectivity index (χ1) is 4.70. The van der Waals surface area contributed by atoms with Gasteiger partial charge in [-0.05, 0) is 19.8 Å². The molecule has 0 spiro atoms. The van der Waals surface area contributed by atoms with E-state index >= 15 is 0 Å². The minimum Gasteiger partial charge on any atom is -0.300 e. The lowest BCUT2D eigenvalue weighted by Gasteiger charge is -2.26. The Bertz CT molecular complexity index is 128. The maximum absolute atomic E-state index is 10.8. The number of nitrogens with zero attached hydrogens (tertiary/aromatic N) is 1. The standard InChI is InChI=1S/C7H14N2O/c1-6(10)7-2-4-9(8)5-3-7/h7H,2-5,8H2,1H3. The Balaban J connectivity index is 2.33. The Hall–Kier alpha value is -0.410. The number of nitrogens with two attached hydrogens (primary N) is 1. The topological polar surface area (TPSA) is 46.3 Å². The van der Waals surface area contributed by atoms with E-state index in [0.29, 0.717) is 5.78 Å². The van der Waals surface area contributed by atoms with Gasteiger partial charge < -0.3 is 0 Å². The Morgan fingerprint density at radius 1 is 1.50 bits per heavy atom. The predicted octanol–water partition coefficient (Wildman–Crippen LogP) is 0.161. The summed E-state index contributed by atoms with van der Waals surface area (Å²) >= 11 is 0. The van der Waals surface area contributed by atoms with Crippen molar-refractivity contribution >= 4 is 5.78 Å². The molecule has 0 aromatic rings. The van der Waals surface area contributed by atoms with Crippen LogP contribution in [0, 0.1) is 5.92 Å². The zero-order valence-electron chi connectivity index (χ0n) is 6.34. The number of piperidine rings is 1. The maximum Gasteiger partial charge on any atom is 0.133 e. The summed E-state index contributed by atoms with van der Waals surface area (Å²) in [5.41, 5.74) is 0. The van der Waals surface area contributed by atoms with Gasteiger partial charge in [0.15, 0.2) is 0 Å². The summed E-state index contributed by atoms with van der Waals surface area (Å²) in [5, 5.41) is 1.78. The van der Waals surface area contributed by atoms with Crippen molar-refractivity contribution in [2.24, 2.45) is 11.8 Å². The van der Waals surface area contributed by atoms with Crippen LogP contribution >= 0.6 is 0 Å². The van der Waals surface area contributed by atoms with Gasteiger partial charge in [-0.15, -0.1) is 0 Å². The second-order valence-electron chi connectivity index (χ2n) is 2.92. The molecule has 1 fully saturated rings. The van der Waals surface area contributed by atoms with Crippen molar-refractivity contribution < 1.29 is 4.79 Å². The van der Waals surface area contributed by atoms with E-state index in [0.717, 1.165) is 25.9 Å². The summed E-state index contributed by atoms with van der Waals surface area (Å²) in [4.78, 5) is 10.8. The molecule has 1 heterocycles. The predicted molar refractivity (Wildman–Crippen MR) is 39.2 cm³/mol. The van der Waals surface area contributed by atoms with E-state index in [2.05, 4.69) is 0 Å². The number of hydrogen-bond donors (Lipinski definition) is 1. The fourth-order valence-corrected chi connectivity index (χ4v) is 1.31. The van der Waals surface area contributed by atoms with Gasteiger partial charge in [0.1, 0.15) is 5.78 Å².